The Morgan fingerprint density at radius 2 is 1.65 bits per heavy atom. The Bertz CT molecular complexity index is 923. The lowest BCUT2D eigenvalue weighted by molar-refractivity contribution is -0.620. The maximum atomic E-state index is 12.4. The molecule has 0 radical (unpaired) electrons. The number of aromatic nitrogens is 4. The third-order valence-electron chi connectivity index (χ3n) is 3.37. The van der Waals surface area contributed by atoms with Gasteiger partial charge in [0.05, 0.1) is 18.0 Å². The molecule has 0 atom stereocenters. The van der Waals surface area contributed by atoms with Gasteiger partial charge in [-0.1, -0.05) is 17.1 Å². The largest absolute Gasteiger partial charge is 0.711 e. The number of benzene rings is 1. The number of carbonyl (C=O) groups excluding carboxylic acids is 1. The summed E-state index contributed by atoms with van der Waals surface area (Å²) >= 11 is 1.30. The van der Waals surface area contributed by atoms with Crippen LogP contribution in [0.3, 0.4) is 0 Å². The molecule has 0 amide bonds. The molecule has 0 spiro atoms. The van der Waals surface area contributed by atoms with E-state index in [1.807, 2.05) is 0 Å². The summed E-state index contributed by atoms with van der Waals surface area (Å²) in [7, 11) is 0. The minimum Gasteiger partial charge on any atom is -0.711 e. The van der Waals surface area contributed by atoms with Gasteiger partial charge in [0.15, 0.2) is 6.61 Å². The Hall–Kier alpha value is -3.20. The van der Waals surface area contributed by atoms with Gasteiger partial charge in [-0.3, -0.25) is 0 Å². The topological polar surface area (TPSA) is 106 Å². The van der Waals surface area contributed by atoms with E-state index in [1.165, 1.54) is 42.6 Å². The first-order chi connectivity index (χ1) is 12.6. The molecule has 2 aromatic heterocycles. The summed E-state index contributed by atoms with van der Waals surface area (Å²) in [5.41, 5.74) is 0.347. The van der Waals surface area contributed by atoms with Crippen LogP contribution in [0.15, 0.2) is 66.1 Å². The second-order valence-electron chi connectivity index (χ2n) is 5.08. The number of hydrogen-bond acceptors (Lipinski definition) is 7. The van der Waals surface area contributed by atoms with Crippen molar-refractivity contribution >= 4 is 17.7 Å². The Morgan fingerprint density at radius 1 is 1.00 bits per heavy atom. The third kappa shape index (κ3) is 4.25. The van der Waals surface area contributed by atoms with E-state index in [-0.39, 0.29) is 12.4 Å². The summed E-state index contributed by atoms with van der Waals surface area (Å²) in [6.45, 7) is -0.233. The highest BCUT2D eigenvalue weighted by Gasteiger charge is 2.17. The predicted octanol–water partition coefficient (Wildman–Crippen LogP) is 1.39. The molecular weight excluding hydrogens is 356 g/mol. The molecule has 132 valence electrons. The highest BCUT2D eigenvalue weighted by Crippen LogP contribution is 2.25. The van der Waals surface area contributed by atoms with Crippen LogP contribution < -0.4 is 9.46 Å². The van der Waals surface area contributed by atoms with Crippen molar-refractivity contribution in [1.82, 2.24) is 9.97 Å². The average molecular weight is 370 g/mol. The van der Waals surface area contributed by atoms with Crippen LogP contribution in [0.4, 0.5) is 0 Å². The number of thioether (sulfide) groups is 1. The quantitative estimate of drug-likeness (QED) is 0.279. The molecule has 0 aliphatic rings. The van der Waals surface area contributed by atoms with Crippen molar-refractivity contribution in [2.45, 2.75) is 17.3 Å². The first-order valence-electron chi connectivity index (χ1n) is 7.60. The summed E-state index contributed by atoms with van der Waals surface area (Å²) in [5, 5.41) is 23.2. The number of ether oxygens (including phenoxy) is 1. The van der Waals surface area contributed by atoms with Gasteiger partial charge in [-0.15, -0.1) is 11.8 Å². The van der Waals surface area contributed by atoms with Crippen molar-refractivity contribution in [3.05, 3.63) is 88.8 Å². The van der Waals surface area contributed by atoms with Gasteiger partial charge in [0.25, 0.3) is 0 Å². The van der Waals surface area contributed by atoms with Gasteiger partial charge in [0.1, 0.15) is 18.1 Å². The van der Waals surface area contributed by atoms with Crippen LogP contribution in [0.1, 0.15) is 22.0 Å². The van der Waals surface area contributed by atoms with Gasteiger partial charge >= 0.3 is 17.6 Å². The summed E-state index contributed by atoms with van der Waals surface area (Å²) < 4.78 is 6.42. The van der Waals surface area contributed by atoms with Gasteiger partial charge < -0.3 is 15.2 Å². The molecule has 0 aliphatic heterocycles. The summed E-state index contributed by atoms with van der Waals surface area (Å²) in [6, 6.07) is 9.92. The van der Waals surface area contributed by atoms with Crippen molar-refractivity contribution in [2.24, 2.45) is 0 Å². The SMILES string of the molecule is O=C(OCc1nccc[n+]1[O-])c1ccccc1SCc1nccc[n+]1[O-]. The van der Waals surface area contributed by atoms with E-state index in [0.29, 0.717) is 31.5 Å². The second-order valence-corrected chi connectivity index (χ2v) is 6.10. The zero-order chi connectivity index (χ0) is 18.4. The van der Waals surface area contributed by atoms with Crippen molar-refractivity contribution in [3.8, 4) is 0 Å². The van der Waals surface area contributed by atoms with Crippen LogP contribution in [0, 0.1) is 10.4 Å². The third-order valence-corrected chi connectivity index (χ3v) is 4.44. The molecule has 1 aromatic carbocycles. The summed E-state index contributed by atoms with van der Waals surface area (Å²) in [6.07, 6.45) is 5.64. The van der Waals surface area contributed by atoms with Gasteiger partial charge in [0, 0.05) is 17.0 Å². The summed E-state index contributed by atoms with van der Waals surface area (Å²) in [5.74, 6) is 0.151. The van der Waals surface area contributed by atoms with E-state index in [0.717, 1.165) is 0 Å². The molecule has 0 aliphatic carbocycles. The van der Waals surface area contributed by atoms with E-state index >= 15 is 0 Å². The van der Waals surface area contributed by atoms with Crippen molar-refractivity contribution in [2.75, 3.05) is 0 Å². The lowest BCUT2D eigenvalue weighted by atomic mass is 10.2. The van der Waals surface area contributed by atoms with E-state index in [1.54, 1.807) is 30.3 Å². The molecule has 0 bridgehead atoms. The first kappa shape index (κ1) is 17.6. The fourth-order valence-electron chi connectivity index (χ4n) is 2.09. The number of carbonyl (C=O) groups is 1. The highest BCUT2D eigenvalue weighted by molar-refractivity contribution is 7.98. The van der Waals surface area contributed by atoms with E-state index in [9.17, 15) is 15.2 Å². The zero-order valence-corrected chi connectivity index (χ0v) is 14.3. The molecule has 2 heterocycles. The standard InChI is InChI=1S/C17H14N4O4S/c22-17(25-11-15-18-7-3-9-20(15)23)13-5-1-2-6-14(13)26-12-16-19-8-4-10-21(16)24/h1-10H,11-12H2. The molecule has 0 saturated heterocycles. The molecule has 26 heavy (non-hydrogen) atoms. The lowest BCUT2D eigenvalue weighted by Gasteiger charge is -2.09. The number of nitrogens with zero attached hydrogens (tertiary/aromatic N) is 4. The first-order valence-corrected chi connectivity index (χ1v) is 8.59. The van der Waals surface area contributed by atoms with Gasteiger partial charge in [-0.05, 0) is 17.1 Å². The normalized spacial score (nSPS) is 10.5. The molecule has 0 N–H and O–H groups in total. The zero-order valence-electron chi connectivity index (χ0n) is 13.5. The fraction of sp³-hybridized carbons (Fsp3) is 0.118. The molecule has 3 aromatic rings. The lowest BCUT2D eigenvalue weighted by Crippen LogP contribution is -2.33. The summed E-state index contributed by atoms with van der Waals surface area (Å²) in [4.78, 5) is 20.9. The van der Waals surface area contributed by atoms with Crippen LogP contribution >= 0.6 is 11.8 Å². The number of rotatable bonds is 6. The average Bonchev–Trinajstić information content (AvgIpc) is 2.67. The van der Waals surface area contributed by atoms with Gasteiger partial charge in [-0.2, -0.15) is 0 Å². The molecule has 8 nitrogen and oxygen atoms in total. The molecule has 0 unspecified atom stereocenters. The van der Waals surface area contributed by atoms with Crippen LogP contribution in [-0.2, 0) is 17.1 Å². The maximum absolute atomic E-state index is 12.4. The van der Waals surface area contributed by atoms with E-state index in [2.05, 4.69) is 9.97 Å². The molecule has 3 rings (SSSR count). The Labute approximate surface area is 153 Å². The number of hydrogen-bond donors (Lipinski definition) is 0. The van der Waals surface area contributed by atoms with Crippen LogP contribution in [-0.4, -0.2) is 15.9 Å². The molecule has 9 heteroatoms. The monoisotopic (exact) mass is 370 g/mol. The smallest absolute Gasteiger partial charge is 0.339 e. The van der Waals surface area contributed by atoms with Gasteiger partial charge in [0.2, 0.25) is 0 Å². The minimum absolute atomic E-state index is 0.0897. The van der Waals surface area contributed by atoms with Crippen LogP contribution in [0.2, 0.25) is 0 Å². The molecule has 0 saturated carbocycles. The van der Waals surface area contributed by atoms with Crippen LogP contribution in [0.25, 0.3) is 0 Å². The highest BCUT2D eigenvalue weighted by atomic mass is 32.2. The second kappa shape index (κ2) is 8.26. The Kier molecular flexibility index (Phi) is 5.59. The molecule has 0 fully saturated rings. The number of esters is 1. The molecular formula is C17H14N4O4S. The fourth-order valence-corrected chi connectivity index (χ4v) is 3.06. The van der Waals surface area contributed by atoms with Crippen LogP contribution in [0.5, 0.6) is 0 Å². The van der Waals surface area contributed by atoms with E-state index < -0.39 is 5.97 Å². The van der Waals surface area contributed by atoms with Gasteiger partial charge in [-0.25, -0.2) is 14.3 Å². The Balaban J connectivity index is 1.69. The van der Waals surface area contributed by atoms with Crippen molar-refractivity contribution in [3.63, 3.8) is 0 Å². The predicted molar refractivity (Wildman–Crippen MR) is 91.5 cm³/mol. The Morgan fingerprint density at radius 3 is 2.35 bits per heavy atom. The minimum atomic E-state index is -0.574. The van der Waals surface area contributed by atoms with E-state index in [4.69, 9.17) is 4.74 Å². The van der Waals surface area contributed by atoms with Crippen molar-refractivity contribution in [1.29, 1.82) is 0 Å². The maximum Gasteiger partial charge on any atom is 0.339 e. The van der Waals surface area contributed by atoms with Crippen molar-refractivity contribution < 1.29 is 19.0 Å².